The molecular formula is C15H24N2O2. The average Bonchev–Trinajstić information content (AvgIpc) is 2.47. The number of ether oxygens (including phenoxy) is 1. The molecule has 19 heavy (non-hydrogen) atoms. The van der Waals surface area contributed by atoms with E-state index in [9.17, 15) is 5.11 Å². The zero-order valence-electron chi connectivity index (χ0n) is 11.9. The van der Waals surface area contributed by atoms with Gasteiger partial charge in [-0.25, -0.2) is 0 Å². The molecular weight excluding hydrogens is 240 g/mol. The quantitative estimate of drug-likeness (QED) is 0.887. The minimum absolute atomic E-state index is 0.333. The minimum Gasteiger partial charge on any atom is -0.387 e. The number of aromatic nitrogens is 1. The Morgan fingerprint density at radius 2 is 2.32 bits per heavy atom. The third-order valence-corrected chi connectivity index (χ3v) is 3.64. The Kier molecular flexibility index (Phi) is 5.16. The summed E-state index contributed by atoms with van der Waals surface area (Å²) in [5.74, 6) is 0. The number of hydrogen-bond acceptors (Lipinski definition) is 4. The van der Waals surface area contributed by atoms with Crippen LogP contribution < -0.4 is 4.90 Å². The molecule has 2 rings (SSSR count). The largest absolute Gasteiger partial charge is 0.387 e. The minimum atomic E-state index is -0.452. The van der Waals surface area contributed by atoms with Gasteiger partial charge in [-0.3, -0.25) is 4.98 Å². The summed E-state index contributed by atoms with van der Waals surface area (Å²) in [5, 5.41) is 9.75. The van der Waals surface area contributed by atoms with Gasteiger partial charge in [-0.2, -0.15) is 0 Å². The summed E-state index contributed by atoms with van der Waals surface area (Å²) in [7, 11) is 0. The van der Waals surface area contributed by atoms with Crippen LogP contribution in [-0.4, -0.2) is 35.9 Å². The Morgan fingerprint density at radius 1 is 1.47 bits per heavy atom. The molecule has 2 heterocycles. The van der Waals surface area contributed by atoms with Crippen molar-refractivity contribution >= 4 is 5.69 Å². The zero-order valence-corrected chi connectivity index (χ0v) is 11.9. The normalized spacial score (nSPS) is 21.4. The first-order valence-electron chi connectivity index (χ1n) is 7.25. The molecule has 106 valence electrons. The molecule has 0 aliphatic carbocycles. The predicted molar refractivity (Wildman–Crippen MR) is 76.3 cm³/mol. The summed E-state index contributed by atoms with van der Waals surface area (Å²) >= 11 is 0. The lowest BCUT2D eigenvalue weighted by Crippen LogP contribution is -2.39. The van der Waals surface area contributed by atoms with E-state index in [4.69, 9.17) is 4.74 Å². The Balaban J connectivity index is 2.01. The number of anilines is 1. The molecule has 1 saturated heterocycles. The molecule has 0 aromatic carbocycles. The second-order valence-electron chi connectivity index (χ2n) is 5.03. The molecule has 0 bridgehead atoms. The van der Waals surface area contributed by atoms with Crippen LogP contribution in [0.2, 0.25) is 0 Å². The number of aliphatic hydroxyl groups is 1. The fraction of sp³-hybridized carbons (Fsp3) is 0.667. The fourth-order valence-corrected chi connectivity index (χ4v) is 2.54. The van der Waals surface area contributed by atoms with Crippen molar-refractivity contribution in [2.24, 2.45) is 0 Å². The van der Waals surface area contributed by atoms with E-state index >= 15 is 0 Å². The first-order chi connectivity index (χ1) is 9.24. The van der Waals surface area contributed by atoms with E-state index in [1.54, 1.807) is 0 Å². The molecule has 1 aliphatic heterocycles. The smallest absolute Gasteiger partial charge is 0.0957 e. The van der Waals surface area contributed by atoms with E-state index in [1.807, 2.05) is 26.1 Å². The summed E-state index contributed by atoms with van der Waals surface area (Å²) < 4.78 is 5.71. The highest BCUT2D eigenvalue weighted by Gasteiger charge is 2.20. The molecule has 1 aromatic rings. The third kappa shape index (κ3) is 3.67. The molecule has 2 atom stereocenters. The fourth-order valence-electron chi connectivity index (χ4n) is 2.54. The number of nitrogens with zero attached hydrogens (tertiary/aromatic N) is 2. The molecule has 4 heteroatoms. The summed E-state index contributed by atoms with van der Waals surface area (Å²) in [6.07, 6.45) is 4.74. The summed E-state index contributed by atoms with van der Waals surface area (Å²) in [6, 6.07) is 3.98. The van der Waals surface area contributed by atoms with Gasteiger partial charge in [0.25, 0.3) is 0 Å². The van der Waals surface area contributed by atoms with Crippen LogP contribution in [-0.2, 0) is 4.74 Å². The topological polar surface area (TPSA) is 45.6 Å². The van der Waals surface area contributed by atoms with E-state index in [1.165, 1.54) is 0 Å². The second-order valence-corrected chi connectivity index (χ2v) is 5.03. The van der Waals surface area contributed by atoms with Gasteiger partial charge in [0.1, 0.15) is 0 Å². The molecule has 1 unspecified atom stereocenters. The van der Waals surface area contributed by atoms with E-state index in [0.29, 0.717) is 12.5 Å². The van der Waals surface area contributed by atoms with Crippen molar-refractivity contribution in [1.82, 2.24) is 4.98 Å². The number of piperidine rings is 1. The van der Waals surface area contributed by atoms with E-state index in [0.717, 1.165) is 43.9 Å². The maximum absolute atomic E-state index is 9.75. The lowest BCUT2D eigenvalue weighted by Gasteiger charge is -2.34. The molecule has 1 N–H and O–H groups in total. The Labute approximate surface area is 115 Å². The maximum atomic E-state index is 9.75. The third-order valence-electron chi connectivity index (χ3n) is 3.64. The number of aliphatic hydroxyl groups excluding tert-OH is 1. The van der Waals surface area contributed by atoms with Crippen molar-refractivity contribution in [1.29, 1.82) is 0 Å². The van der Waals surface area contributed by atoms with Crippen LogP contribution in [0.5, 0.6) is 0 Å². The van der Waals surface area contributed by atoms with E-state index < -0.39 is 6.10 Å². The van der Waals surface area contributed by atoms with Crippen molar-refractivity contribution in [2.45, 2.75) is 45.3 Å². The van der Waals surface area contributed by atoms with E-state index in [-0.39, 0.29) is 0 Å². The Morgan fingerprint density at radius 3 is 2.95 bits per heavy atom. The van der Waals surface area contributed by atoms with Gasteiger partial charge in [0.15, 0.2) is 0 Å². The van der Waals surface area contributed by atoms with Crippen LogP contribution in [0, 0.1) is 0 Å². The molecule has 0 spiro atoms. The van der Waals surface area contributed by atoms with Gasteiger partial charge in [-0.05, 0) is 38.3 Å². The molecule has 0 saturated carbocycles. The van der Waals surface area contributed by atoms with E-state index in [2.05, 4.69) is 16.0 Å². The van der Waals surface area contributed by atoms with Crippen LogP contribution in [0.25, 0.3) is 0 Å². The van der Waals surface area contributed by atoms with Gasteiger partial charge < -0.3 is 14.7 Å². The molecule has 0 amide bonds. The molecule has 1 aliphatic rings. The second kappa shape index (κ2) is 6.87. The van der Waals surface area contributed by atoms with Crippen molar-refractivity contribution in [2.75, 3.05) is 24.6 Å². The zero-order chi connectivity index (χ0) is 13.7. The standard InChI is InChI=1S/C15H24N2O2/c1-3-15(18)14-8-7-12(10-16-14)17-9-5-6-13(11-17)19-4-2/h7-8,10,13,15,18H,3-6,9,11H2,1-2H3/t13?,15-/m1/s1. The lowest BCUT2D eigenvalue weighted by atomic mass is 10.1. The molecule has 4 nitrogen and oxygen atoms in total. The van der Waals surface area contributed by atoms with Crippen molar-refractivity contribution in [3.63, 3.8) is 0 Å². The van der Waals surface area contributed by atoms with Gasteiger partial charge in [0, 0.05) is 19.7 Å². The van der Waals surface area contributed by atoms with Gasteiger partial charge in [0.2, 0.25) is 0 Å². The first-order valence-corrected chi connectivity index (χ1v) is 7.25. The number of pyridine rings is 1. The number of hydrogen-bond donors (Lipinski definition) is 1. The SMILES string of the molecule is CCOC1CCCN(c2ccc([C@H](O)CC)nc2)C1. The first kappa shape index (κ1) is 14.3. The lowest BCUT2D eigenvalue weighted by molar-refractivity contribution is 0.0526. The Bertz CT molecular complexity index is 378. The van der Waals surface area contributed by atoms with Crippen molar-refractivity contribution in [3.05, 3.63) is 24.0 Å². The molecule has 1 fully saturated rings. The number of rotatable bonds is 5. The highest BCUT2D eigenvalue weighted by molar-refractivity contribution is 5.45. The van der Waals surface area contributed by atoms with Crippen molar-refractivity contribution in [3.8, 4) is 0 Å². The van der Waals surface area contributed by atoms with Gasteiger partial charge >= 0.3 is 0 Å². The van der Waals surface area contributed by atoms with Gasteiger partial charge in [-0.15, -0.1) is 0 Å². The van der Waals surface area contributed by atoms with Crippen LogP contribution in [0.4, 0.5) is 5.69 Å². The van der Waals surface area contributed by atoms with Gasteiger partial charge in [0.05, 0.1) is 29.8 Å². The summed E-state index contributed by atoms with van der Waals surface area (Å²) in [5.41, 5.74) is 1.88. The average molecular weight is 264 g/mol. The van der Waals surface area contributed by atoms with Crippen LogP contribution in [0.3, 0.4) is 0 Å². The van der Waals surface area contributed by atoms with Crippen LogP contribution >= 0.6 is 0 Å². The van der Waals surface area contributed by atoms with Gasteiger partial charge in [-0.1, -0.05) is 6.92 Å². The molecule has 1 aromatic heterocycles. The van der Waals surface area contributed by atoms with Crippen LogP contribution in [0.15, 0.2) is 18.3 Å². The maximum Gasteiger partial charge on any atom is 0.0957 e. The monoisotopic (exact) mass is 264 g/mol. The van der Waals surface area contributed by atoms with Crippen LogP contribution in [0.1, 0.15) is 44.9 Å². The summed E-state index contributed by atoms with van der Waals surface area (Å²) in [4.78, 5) is 6.68. The molecule has 0 radical (unpaired) electrons. The van der Waals surface area contributed by atoms with Crippen molar-refractivity contribution < 1.29 is 9.84 Å². The Hall–Kier alpha value is -1.13. The predicted octanol–water partition coefficient (Wildman–Crippen LogP) is 2.53. The summed E-state index contributed by atoms with van der Waals surface area (Å²) in [6.45, 7) is 6.77. The highest BCUT2D eigenvalue weighted by Crippen LogP contribution is 2.22. The highest BCUT2D eigenvalue weighted by atomic mass is 16.5.